The van der Waals surface area contributed by atoms with E-state index in [4.69, 9.17) is 11.6 Å². The quantitative estimate of drug-likeness (QED) is 0.898. The van der Waals surface area contributed by atoms with Crippen molar-refractivity contribution in [3.8, 4) is 0 Å². The van der Waals surface area contributed by atoms with E-state index < -0.39 is 15.9 Å². The zero-order chi connectivity index (χ0) is 14.6. The number of sulfone groups is 1. The first-order chi connectivity index (χ1) is 8.74. The normalized spacial score (nSPS) is 12.8. The average Bonchev–Trinajstić information content (AvgIpc) is 2.30. The molecule has 0 saturated heterocycles. The Bertz CT molecular complexity index is 572. The third kappa shape index (κ3) is 4.72. The summed E-state index contributed by atoms with van der Waals surface area (Å²) in [4.78, 5) is 11.8. The second-order valence-electron chi connectivity index (χ2n) is 4.32. The zero-order valence-electron chi connectivity index (χ0n) is 11.0. The largest absolute Gasteiger partial charge is 0.335 e. The van der Waals surface area contributed by atoms with Gasteiger partial charge in [0.15, 0.2) is 9.84 Å². The highest BCUT2D eigenvalue weighted by Gasteiger charge is 2.12. The molecule has 1 aromatic rings. The predicted octanol–water partition coefficient (Wildman–Crippen LogP) is 2.66. The molecule has 0 saturated carbocycles. The monoisotopic (exact) mass is 304 g/mol. The number of rotatable bonds is 4. The van der Waals surface area contributed by atoms with Crippen molar-refractivity contribution >= 4 is 33.2 Å². The molecular weight excluding hydrogens is 288 g/mol. The van der Waals surface area contributed by atoms with Crippen molar-refractivity contribution in [1.82, 2.24) is 5.32 Å². The van der Waals surface area contributed by atoms with Gasteiger partial charge in [-0.05, 0) is 31.5 Å². The maximum absolute atomic E-state index is 11.7. The van der Waals surface area contributed by atoms with E-state index in [-0.39, 0.29) is 21.6 Å². The molecular formula is C12H17ClN2O3S. The summed E-state index contributed by atoms with van der Waals surface area (Å²) in [6.07, 6.45) is 1.89. The van der Waals surface area contributed by atoms with Crippen LogP contribution in [0, 0.1) is 0 Å². The van der Waals surface area contributed by atoms with Gasteiger partial charge in [0.2, 0.25) is 0 Å². The highest BCUT2D eigenvalue weighted by molar-refractivity contribution is 7.90. The van der Waals surface area contributed by atoms with Crippen LogP contribution < -0.4 is 10.6 Å². The van der Waals surface area contributed by atoms with Crippen molar-refractivity contribution in [2.45, 2.75) is 31.2 Å². The molecule has 0 aliphatic heterocycles. The van der Waals surface area contributed by atoms with Gasteiger partial charge in [0, 0.05) is 12.3 Å². The van der Waals surface area contributed by atoms with E-state index in [1.54, 1.807) is 0 Å². The SMILES string of the molecule is CCC(C)NC(=O)Nc1cc(S(C)(=O)=O)ccc1Cl. The summed E-state index contributed by atoms with van der Waals surface area (Å²) in [6.45, 7) is 3.82. The number of nitrogens with one attached hydrogen (secondary N) is 2. The van der Waals surface area contributed by atoms with Gasteiger partial charge < -0.3 is 10.6 Å². The van der Waals surface area contributed by atoms with Gasteiger partial charge in [0.05, 0.1) is 15.6 Å². The number of carbonyl (C=O) groups excluding carboxylic acids is 1. The smallest absolute Gasteiger partial charge is 0.319 e. The standard InChI is InChI=1S/C12H17ClN2O3S/c1-4-8(2)14-12(16)15-11-7-9(19(3,17)18)5-6-10(11)13/h5-8H,4H2,1-3H3,(H2,14,15,16). The number of hydrogen-bond donors (Lipinski definition) is 2. The van der Waals surface area contributed by atoms with E-state index in [1.807, 2.05) is 13.8 Å². The molecule has 0 bridgehead atoms. The molecule has 1 atom stereocenters. The number of carbonyl (C=O) groups is 1. The van der Waals surface area contributed by atoms with Gasteiger partial charge in [-0.3, -0.25) is 0 Å². The van der Waals surface area contributed by atoms with Gasteiger partial charge in [0.1, 0.15) is 0 Å². The molecule has 0 radical (unpaired) electrons. The molecule has 0 aromatic heterocycles. The van der Waals surface area contributed by atoms with Crippen molar-refractivity contribution in [2.24, 2.45) is 0 Å². The molecule has 1 rings (SSSR count). The Morgan fingerprint density at radius 3 is 2.58 bits per heavy atom. The van der Waals surface area contributed by atoms with E-state index in [1.165, 1.54) is 18.2 Å². The number of benzene rings is 1. The summed E-state index contributed by atoms with van der Waals surface area (Å²) < 4.78 is 22.9. The van der Waals surface area contributed by atoms with Gasteiger partial charge >= 0.3 is 6.03 Å². The van der Waals surface area contributed by atoms with E-state index >= 15 is 0 Å². The molecule has 2 N–H and O–H groups in total. The molecule has 7 heteroatoms. The Morgan fingerprint density at radius 2 is 2.05 bits per heavy atom. The van der Waals surface area contributed by atoms with Gasteiger partial charge in [-0.2, -0.15) is 0 Å². The second kappa shape index (κ2) is 6.25. The summed E-state index contributed by atoms with van der Waals surface area (Å²) in [5.74, 6) is 0. The highest BCUT2D eigenvalue weighted by Crippen LogP contribution is 2.25. The summed E-state index contributed by atoms with van der Waals surface area (Å²) in [7, 11) is -3.34. The minimum absolute atomic E-state index is 0.0249. The van der Waals surface area contributed by atoms with E-state index in [0.29, 0.717) is 0 Å². The minimum Gasteiger partial charge on any atom is -0.335 e. The topological polar surface area (TPSA) is 75.3 Å². The van der Waals surface area contributed by atoms with E-state index in [9.17, 15) is 13.2 Å². The predicted molar refractivity (Wildman–Crippen MR) is 76.5 cm³/mol. The van der Waals surface area contributed by atoms with Gasteiger partial charge in [0.25, 0.3) is 0 Å². The fourth-order valence-electron chi connectivity index (χ4n) is 1.32. The maximum atomic E-state index is 11.7. The number of hydrogen-bond acceptors (Lipinski definition) is 3. The maximum Gasteiger partial charge on any atom is 0.319 e. The minimum atomic E-state index is -3.34. The first-order valence-electron chi connectivity index (χ1n) is 5.81. The number of amides is 2. The first kappa shape index (κ1) is 15.8. The molecule has 0 heterocycles. The fourth-order valence-corrected chi connectivity index (χ4v) is 2.13. The third-order valence-corrected chi connectivity index (χ3v) is 4.04. The molecule has 0 spiro atoms. The van der Waals surface area contributed by atoms with Crippen molar-refractivity contribution in [2.75, 3.05) is 11.6 Å². The summed E-state index contributed by atoms with van der Waals surface area (Å²) in [5.41, 5.74) is 0.269. The van der Waals surface area contributed by atoms with Gasteiger partial charge in [-0.15, -0.1) is 0 Å². The number of halogens is 1. The van der Waals surface area contributed by atoms with E-state index in [2.05, 4.69) is 10.6 Å². The average molecular weight is 305 g/mol. The lowest BCUT2D eigenvalue weighted by Crippen LogP contribution is -2.35. The number of urea groups is 1. The van der Waals surface area contributed by atoms with Crippen LogP contribution in [0.15, 0.2) is 23.1 Å². The Kier molecular flexibility index (Phi) is 5.20. The molecule has 106 valence electrons. The first-order valence-corrected chi connectivity index (χ1v) is 8.08. The van der Waals surface area contributed by atoms with Crippen LogP contribution in [0.4, 0.5) is 10.5 Å². The lowest BCUT2D eigenvalue weighted by molar-refractivity contribution is 0.249. The summed E-state index contributed by atoms with van der Waals surface area (Å²) >= 11 is 5.92. The molecule has 5 nitrogen and oxygen atoms in total. The summed E-state index contributed by atoms with van der Waals surface area (Å²) in [5, 5.41) is 5.53. The molecule has 19 heavy (non-hydrogen) atoms. The third-order valence-electron chi connectivity index (χ3n) is 2.60. The van der Waals surface area contributed by atoms with Crippen LogP contribution in [0.25, 0.3) is 0 Å². The second-order valence-corrected chi connectivity index (χ2v) is 6.74. The van der Waals surface area contributed by atoms with Crippen LogP contribution in [0.3, 0.4) is 0 Å². The fraction of sp³-hybridized carbons (Fsp3) is 0.417. The Balaban J connectivity index is 2.92. The Morgan fingerprint density at radius 1 is 1.42 bits per heavy atom. The molecule has 1 aromatic carbocycles. The lowest BCUT2D eigenvalue weighted by atomic mass is 10.3. The van der Waals surface area contributed by atoms with Crippen LogP contribution in [-0.2, 0) is 9.84 Å². The zero-order valence-corrected chi connectivity index (χ0v) is 12.6. The molecule has 0 aliphatic rings. The van der Waals surface area contributed by atoms with E-state index in [0.717, 1.165) is 12.7 Å². The van der Waals surface area contributed by atoms with Crippen LogP contribution in [-0.4, -0.2) is 26.7 Å². The summed E-state index contributed by atoms with van der Waals surface area (Å²) in [6, 6.07) is 3.79. The molecule has 0 fully saturated rings. The molecule has 2 amide bonds. The van der Waals surface area contributed by atoms with Crippen molar-refractivity contribution in [3.63, 3.8) is 0 Å². The Hall–Kier alpha value is -1.27. The highest BCUT2D eigenvalue weighted by atomic mass is 35.5. The number of anilines is 1. The van der Waals surface area contributed by atoms with Crippen molar-refractivity contribution in [3.05, 3.63) is 23.2 Å². The van der Waals surface area contributed by atoms with Gasteiger partial charge in [-0.25, -0.2) is 13.2 Å². The lowest BCUT2D eigenvalue weighted by Gasteiger charge is -2.13. The Labute approximate surface area is 118 Å². The van der Waals surface area contributed by atoms with Crippen molar-refractivity contribution in [1.29, 1.82) is 0 Å². The van der Waals surface area contributed by atoms with Crippen molar-refractivity contribution < 1.29 is 13.2 Å². The van der Waals surface area contributed by atoms with Crippen LogP contribution in [0.1, 0.15) is 20.3 Å². The molecule has 1 unspecified atom stereocenters. The van der Waals surface area contributed by atoms with Crippen LogP contribution >= 0.6 is 11.6 Å². The van der Waals surface area contributed by atoms with Gasteiger partial charge in [-0.1, -0.05) is 18.5 Å². The molecule has 0 aliphatic carbocycles. The van der Waals surface area contributed by atoms with Crippen LogP contribution in [0.2, 0.25) is 5.02 Å². The van der Waals surface area contributed by atoms with Crippen LogP contribution in [0.5, 0.6) is 0 Å².